The Labute approximate surface area is 153 Å². The lowest BCUT2D eigenvalue weighted by atomic mass is 9.81. The van der Waals surface area contributed by atoms with Gasteiger partial charge in [0.05, 0.1) is 5.60 Å². The molecule has 2 aliphatic rings. The number of hydrogen-bond acceptors (Lipinski definition) is 3. The van der Waals surface area contributed by atoms with Crippen LogP contribution in [-0.4, -0.2) is 35.4 Å². The Morgan fingerprint density at radius 1 is 1.08 bits per heavy atom. The summed E-state index contributed by atoms with van der Waals surface area (Å²) in [5, 5.41) is 10.9. The van der Waals surface area contributed by atoms with Gasteiger partial charge in [-0.15, -0.1) is 0 Å². The number of hydrogen-bond donors (Lipinski definition) is 1. The maximum Gasteiger partial charge on any atom is 0.167 e. The maximum atomic E-state index is 13.9. The highest BCUT2D eigenvalue weighted by atomic mass is 19.1. The predicted molar refractivity (Wildman–Crippen MR) is 98.6 cm³/mol. The van der Waals surface area contributed by atoms with Gasteiger partial charge in [0, 0.05) is 31.1 Å². The molecule has 1 heterocycles. The predicted octanol–water partition coefficient (Wildman–Crippen LogP) is 3.55. The highest BCUT2D eigenvalue weighted by Gasteiger charge is 2.36. The Hall–Kier alpha value is -2.04. The summed E-state index contributed by atoms with van der Waals surface area (Å²) in [6.07, 6.45) is 2.67. The number of rotatable bonds is 3. The van der Waals surface area contributed by atoms with Gasteiger partial charge >= 0.3 is 0 Å². The molecule has 1 aliphatic heterocycles. The Morgan fingerprint density at radius 3 is 2.54 bits per heavy atom. The second-order valence-corrected chi connectivity index (χ2v) is 7.56. The second kappa shape index (κ2) is 6.93. The average Bonchev–Trinajstić information content (AvgIpc) is 2.67. The third-order valence-electron chi connectivity index (χ3n) is 5.97. The van der Waals surface area contributed by atoms with E-state index in [1.807, 2.05) is 30.3 Å². The zero-order valence-corrected chi connectivity index (χ0v) is 14.8. The molecule has 1 N–H and O–H groups in total. The first-order valence-electron chi connectivity index (χ1n) is 9.39. The van der Waals surface area contributed by atoms with Crippen molar-refractivity contribution in [3.05, 3.63) is 71.0 Å². The van der Waals surface area contributed by atoms with Crippen LogP contribution in [0.25, 0.3) is 0 Å². The van der Waals surface area contributed by atoms with E-state index in [1.165, 1.54) is 6.07 Å². The number of benzene rings is 2. The van der Waals surface area contributed by atoms with Gasteiger partial charge in [0.2, 0.25) is 0 Å². The van der Waals surface area contributed by atoms with Crippen LogP contribution in [0.2, 0.25) is 0 Å². The third-order valence-corrected chi connectivity index (χ3v) is 5.97. The number of aliphatic hydroxyl groups is 1. The number of Topliss-reactive ketones (excluding diaryl/α,β-unsaturated/α-hetero) is 1. The summed E-state index contributed by atoms with van der Waals surface area (Å²) < 4.78 is 13.9. The van der Waals surface area contributed by atoms with Crippen LogP contribution in [0.3, 0.4) is 0 Å². The molecule has 0 amide bonds. The van der Waals surface area contributed by atoms with Gasteiger partial charge in [0.15, 0.2) is 5.78 Å². The SMILES string of the molecule is O=C1c2cccc(F)c2CCC1CN1CCC(O)(c2ccccc2)CC1. The van der Waals surface area contributed by atoms with Gasteiger partial charge < -0.3 is 10.0 Å². The molecule has 0 spiro atoms. The molecule has 2 aromatic carbocycles. The number of likely N-dealkylation sites (tertiary alicyclic amines) is 1. The lowest BCUT2D eigenvalue weighted by Crippen LogP contribution is -2.45. The van der Waals surface area contributed by atoms with Gasteiger partial charge in [-0.05, 0) is 42.9 Å². The van der Waals surface area contributed by atoms with E-state index in [2.05, 4.69) is 4.90 Å². The normalized spacial score (nSPS) is 22.8. The highest BCUT2D eigenvalue weighted by molar-refractivity contribution is 6.00. The molecule has 1 atom stereocenters. The van der Waals surface area contributed by atoms with E-state index in [0.29, 0.717) is 43.4 Å². The molecule has 1 unspecified atom stereocenters. The van der Waals surface area contributed by atoms with Crippen LogP contribution in [-0.2, 0) is 12.0 Å². The highest BCUT2D eigenvalue weighted by Crippen LogP contribution is 2.34. The molecule has 4 heteroatoms. The van der Waals surface area contributed by atoms with E-state index in [4.69, 9.17) is 0 Å². The number of piperidine rings is 1. The molecular formula is C22H24FNO2. The number of carbonyl (C=O) groups excluding carboxylic acids is 1. The van der Waals surface area contributed by atoms with E-state index in [-0.39, 0.29) is 17.5 Å². The van der Waals surface area contributed by atoms with Crippen molar-refractivity contribution in [1.82, 2.24) is 4.90 Å². The van der Waals surface area contributed by atoms with Gasteiger partial charge in [-0.1, -0.05) is 42.5 Å². The number of carbonyl (C=O) groups is 1. The minimum atomic E-state index is -0.774. The van der Waals surface area contributed by atoms with Crippen molar-refractivity contribution >= 4 is 5.78 Å². The monoisotopic (exact) mass is 353 g/mol. The minimum Gasteiger partial charge on any atom is -0.385 e. The summed E-state index contributed by atoms with van der Waals surface area (Å²) in [5.74, 6) is -0.276. The molecule has 2 aromatic rings. The van der Waals surface area contributed by atoms with Crippen molar-refractivity contribution in [2.24, 2.45) is 5.92 Å². The molecule has 4 rings (SSSR count). The van der Waals surface area contributed by atoms with Crippen LogP contribution in [0.1, 0.15) is 40.7 Å². The van der Waals surface area contributed by atoms with Crippen molar-refractivity contribution in [3.8, 4) is 0 Å². The molecule has 0 radical (unpaired) electrons. The Bertz CT molecular complexity index is 797. The van der Waals surface area contributed by atoms with Gasteiger partial charge in [-0.2, -0.15) is 0 Å². The third kappa shape index (κ3) is 3.19. The number of halogens is 1. The van der Waals surface area contributed by atoms with Crippen LogP contribution in [0, 0.1) is 11.7 Å². The zero-order valence-electron chi connectivity index (χ0n) is 14.8. The molecule has 0 bridgehead atoms. The average molecular weight is 353 g/mol. The summed E-state index contributed by atoms with van der Waals surface area (Å²) in [5.41, 5.74) is 1.33. The van der Waals surface area contributed by atoms with Crippen molar-refractivity contribution in [1.29, 1.82) is 0 Å². The Morgan fingerprint density at radius 2 is 1.81 bits per heavy atom. The van der Waals surface area contributed by atoms with E-state index >= 15 is 0 Å². The summed E-state index contributed by atoms with van der Waals surface area (Å²) in [7, 11) is 0. The van der Waals surface area contributed by atoms with Crippen molar-refractivity contribution in [2.75, 3.05) is 19.6 Å². The lowest BCUT2D eigenvalue weighted by molar-refractivity contribution is -0.0283. The van der Waals surface area contributed by atoms with E-state index in [0.717, 1.165) is 18.7 Å². The molecular weight excluding hydrogens is 329 g/mol. The first-order valence-corrected chi connectivity index (χ1v) is 9.39. The fourth-order valence-corrected chi connectivity index (χ4v) is 4.34. The molecule has 1 saturated heterocycles. The molecule has 26 heavy (non-hydrogen) atoms. The van der Waals surface area contributed by atoms with Crippen LogP contribution >= 0.6 is 0 Å². The molecule has 136 valence electrons. The minimum absolute atomic E-state index is 0.0645. The van der Waals surface area contributed by atoms with Crippen LogP contribution in [0.5, 0.6) is 0 Å². The summed E-state index contributed by atoms with van der Waals surface area (Å²) in [4.78, 5) is 15.0. The van der Waals surface area contributed by atoms with E-state index < -0.39 is 5.60 Å². The molecule has 3 nitrogen and oxygen atoms in total. The maximum absolute atomic E-state index is 13.9. The first-order chi connectivity index (χ1) is 12.6. The van der Waals surface area contributed by atoms with Crippen molar-refractivity contribution in [2.45, 2.75) is 31.3 Å². The van der Waals surface area contributed by atoms with E-state index in [9.17, 15) is 14.3 Å². The molecule has 0 aromatic heterocycles. The Kier molecular flexibility index (Phi) is 4.63. The molecule has 1 aliphatic carbocycles. The van der Waals surface area contributed by atoms with Crippen LogP contribution < -0.4 is 0 Å². The standard InChI is InChI=1S/C22H24FNO2/c23-20-8-4-7-19-18(20)10-9-16(21(19)25)15-24-13-11-22(26,12-14-24)17-5-2-1-3-6-17/h1-8,16,26H,9-15H2. The largest absolute Gasteiger partial charge is 0.385 e. The lowest BCUT2D eigenvalue weighted by Gasteiger charge is -2.40. The summed E-state index contributed by atoms with van der Waals surface area (Å²) >= 11 is 0. The van der Waals surface area contributed by atoms with Crippen molar-refractivity contribution in [3.63, 3.8) is 0 Å². The molecule has 1 fully saturated rings. The smallest absolute Gasteiger partial charge is 0.167 e. The first kappa shape index (κ1) is 17.4. The molecule has 0 saturated carbocycles. The van der Waals surface area contributed by atoms with Gasteiger partial charge in [-0.3, -0.25) is 4.79 Å². The van der Waals surface area contributed by atoms with Crippen LogP contribution in [0.4, 0.5) is 4.39 Å². The Balaban J connectivity index is 1.40. The summed E-state index contributed by atoms with van der Waals surface area (Å²) in [6.45, 7) is 2.23. The van der Waals surface area contributed by atoms with Crippen molar-refractivity contribution < 1.29 is 14.3 Å². The van der Waals surface area contributed by atoms with Gasteiger partial charge in [0.1, 0.15) is 5.82 Å². The van der Waals surface area contributed by atoms with Gasteiger partial charge in [-0.25, -0.2) is 4.39 Å². The zero-order chi connectivity index (χ0) is 18.1. The number of fused-ring (bicyclic) bond motifs is 1. The fourth-order valence-electron chi connectivity index (χ4n) is 4.34. The van der Waals surface area contributed by atoms with Crippen LogP contribution in [0.15, 0.2) is 48.5 Å². The second-order valence-electron chi connectivity index (χ2n) is 7.56. The summed E-state index contributed by atoms with van der Waals surface area (Å²) in [6, 6.07) is 14.6. The van der Waals surface area contributed by atoms with Gasteiger partial charge in [0.25, 0.3) is 0 Å². The fraction of sp³-hybridized carbons (Fsp3) is 0.409. The number of nitrogens with zero attached hydrogens (tertiary/aromatic N) is 1. The quantitative estimate of drug-likeness (QED) is 0.917. The van der Waals surface area contributed by atoms with E-state index in [1.54, 1.807) is 12.1 Å². The topological polar surface area (TPSA) is 40.5 Å². The number of ketones is 1.